The first-order valence-electron chi connectivity index (χ1n) is 4.40. The van der Waals surface area contributed by atoms with Crippen LogP contribution >= 0.6 is 15.9 Å². The molecule has 0 saturated carbocycles. The first-order valence-corrected chi connectivity index (χ1v) is 5.19. The summed E-state index contributed by atoms with van der Waals surface area (Å²) in [4.78, 5) is 12.3. The molecule has 0 aliphatic heterocycles. The number of pyridine rings is 1. The Labute approximate surface area is 95.7 Å². The van der Waals surface area contributed by atoms with Gasteiger partial charge in [-0.05, 0) is 28.1 Å². The summed E-state index contributed by atoms with van der Waals surface area (Å²) in [5, 5.41) is 0. The molecule has 0 amide bonds. The number of hydrogen-bond donors (Lipinski definition) is 1. The highest BCUT2D eigenvalue weighted by Gasteiger charge is 2.10. The Bertz CT molecular complexity index is 429. The van der Waals surface area contributed by atoms with Crippen LogP contribution in [0.4, 0.5) is 0 Å². The number of aromatic nitrogens is 3. The zero-order chi connectivity index (χ0) is 10.7. The molecule has 2 aromatic rings. The van der Waals surface area contributed by atoms with Crippen LogP contribution in [0.1, 0.15) is 17.4 Å². The molecule has 0 aliphatic rings. The van der Waals surface area contributed by atoms with E-state index < -0.39 is 0 Å². The predicted molar refractivity (Wildman–Crippen MR) is 60.0 cm³/mol. The van der Waals surface area contributed by atoms with Crippen LogP contribution in [0, 0.1) is 0 Å². The van der Waals surface area contributed by atoms with Crippen molar-refractivity contribution in [3.63, 3.8) is 0 Å². The third-order valence-electron chi connectivity index (χ3n) is 1.97. The smallest absolute Gasteiger partial charge is 0.0915 e. The van der Waals surface area contributed by atoms with Gasteiger partial charge in [0, 0.05) is 23.1 Å². The van der Waals surface area contributed by atoms with Crippen LogP contribution in [0.15, 0.2) is 41.4 Å². The molecule has 2 heterocycles. The van der Waals surface area contributed by atoms with Gasteiger partial charge in [-0.25, -0.2) is 0 Å². The Kier molecular flexibility index (Phi) is 3.03. The van der Waals surface area contributed by atoms with E-state index in [9.17, 15) is 0 Å². The predicted octanol–water partition coefficient (Wildman–Crippen LogP) is 1.68. The Morgan fingerprint density at radius 2 is 1.93 bits per heavy atom. The van der Waals surface area contributed by atoms with Gasteiger partial charge in [-0.2, -0.15) is 0 Å². The molecule has 0 fully saturated rings. The summed E-state index contributed by atoms with van der Waals surface area (Å²) in [6, 6.07) is 3.44. The molecular weight excluding hydrogens is 256 g/mol. The van der Waals surface area contributed by atoms with Crippen molar-refractivity contribution in [3.05, 3.63) is 52.8 Å². The van der Waals surface area contributed by atoms with Gasteiger partial charge in [0.1, 0.15) is 0 Å². The maximum atomic E-state index is 5.99. The lowest BCUT2D eigenvalue weighted by molar-refractivity contribution is 0.785. The van der Waals surface area contributed by atoms with Crippen LogP contribution in [-0.2, 0) is 0 Å². The molecule has 0 radical (unpaired) electrons. The van der Waals surface area contributed by atoms with Crippen molar-refractivity contribution in [2.75, 3.05) is 0 Å². The lowest BCUT2D eigenvalue weighted by Gasteiger charge is -2.09. The maximum absolute atomic E-state index is 5.99. The van der Waals surface area contributed by atoms with Gasteiger partial charge in [0.2, 0.25) is 0 Å². The van der Waals surface area contributed by atoms with Crippen molar-refractivity contribution >= 4 is 15.9 Å². The minimum absolute atomic E-state index is 0.327. The van der Waals surface area contributed by atoms with Crippen molar-refractivity contribution < 1.29 is 0 Å². The van der Waals surface area contributed by atoms with E-state index in [4.69, 9.17) is 5.73 Å². The molecule has 2 N–H and O–H groups in total. The second-order valence-corrected chi connectivity index (χ2v) is 3.92. The van der Waals surface area contributed by atoms with Crippen LogP contribution in [0.5, 0.6) is 0 Å². The Morgan fingerprint density at radius 1 is 1.07 bits per heavy atom. The van der Waals surface area contributed by atoms with Gasteiger partial charge in [-0.1, -0.05) is 0 Å². The highest BCUT2D eigenvalue weighted by Crippen LogP contribution is 2.16. The Morgan fingerprint density at radius 3 is 2.53 bits per heavy atom. The number of rotatable bonds is 2. The fraction of sp³-hybridized carbons (Fsp3) is 0.100. The van der Waals surface area contributed by atoms with Gasteiger partial charge in [-0.3, -0.25) is 15.0 Å². The van der Waals surface area contributed by atoms with Crippen molar-refractivity contribution in [2.45, 2.75) is 6.04 Å². The van der Waals surface area contributed by atoms with Crippen LogP contribution in [0.25, 0.3) is 0 Å². The highest BCUT2D eigenvalue weighted by atomic mass is 79.9. The maximum Gasteiger partial charge on any atom is 0.0915 e. The first-order chi connectivity index (χ1) is 7.27. The molecule has 4 nitrogen and oxygen atoms in total. The Balaban J connectivity index is 2.29. The molecular formula is C10H9BrN4. The molecule has 0 spiro atoms. The van der Waals surface area contributed by atoms with E-state index >= 15 is 0 Å². The number of hydrogen-bond acceptors (Lipinski definition) is 4. The Hall–Kier alpha value is -1.33. The van der Waals surface area contributed by atoms with Crippen molar-refractivity contribution in [1.82, 2.24) is 15.0 Å². The van der Waals surface area contributed by atoms with E-state index in [1.54, 1.807) is 24.8 Å². The number of halogens is 1. The molecule has 5 heteroatoms. The van der Waals surface area contributed by atoms with Gasteiger partial charge in [-0.15, -0.1) is 0 Å². The summed E-state index contributed by atoms with van der Waals surface area (Å²) in [5.74, 6) is 0. The standard InChI is InChI=1S/C10H9BrN4/c11-7-1-2-8(15-5-7)10(12)9-6-13-3-4-14-9/h1-6,10H,12H2. The van der Waals surface area contributed by atoms with E-state index in [0.717, 1.165) is 10.2 Å². The molecule has 2 aromatic heterocycles. The fourth-order valence-electron chi connectivity index (χ4n) is 1.19. The molecule has 0 bridgehead atoms. The highest BCUT2D eigenvalue weighted by molar-refractivity contribution is 9.10. The van der Waals surface area contributed by atoms with Gasteiger partial charge in [0.25, 0.3) is 0 Å². The topological polar surface area (TPSA) is 64.7 Å². The molecule has 76 valence electrons. The zero-order valence-corrected chi connectivity index (χ0v) is 9.42. The molecule has 0 aromatic carbocycles. The lowest BCUT2D eigenvalue weighted by Crippen LogP contribution is -2.15. The van der Waals surface area contributed by atoms with Crippen LogP contribution in [0.2, 0.25) is 0 Å². The molecule has 0 saturated heterocycles. The summed E-state index contributed by atoms with van der Waals surface area (Å²) in [7, 11) is 0. The third-order valence-corrected chi connectivity index (χ3v) is 2.44. The summed E-state index contributed by atoms with van der Waals surface area (Å²) in [6.45, 7) is 0. The first kappa shape index (κ1) is 10.2. The van der Waals surface area contributed by atoms with Crippen LogP contribution < -0.4 is 5.73 Å². The largest absolute Gasteiger partial charge is 0.318 e. The lowest BCUT2D eigenvalue weighted by atomic mass is 10.1. The van der Waals surface area contributed by atoms with Crippen LogP contribution in [-0.4, -0.2) is 15.0 Å². The SMILES string of the molecule is NC(c1ccc(Br)cn1)c1cnccn1. The normalized spacial score (nSPS) is 12.4. The van der Waals surface area contributed by atoms with Crippen molar-refractivity contribution in [1.29, 1.82) is 0 Å². The monoisotopic (exact) mass is 264 g/mol. The minimum Gasteiger partial charge on any atom is -0.318 e. The quantitative estimate of drug-likeness (QED) is 0.897. The molecule has 15 heavy (non-hydrogen) atoms. The summed E-state index contributed by atoms with van der Waals surface area (Å²) in [6.07, 6.45) is 6.60. The zero-order valence-electron chi connectivity index (χ0n) is 7.84. The van der Waals surface area contributed by atoms with Gasteiger partial charge in [0.15, 0.2) is 0 Å². The number of nitrogens with zero attached hydrogens (tertiary/aromatic N) is 3. The van der Waals surface area contributed by atoms with Crippen LogP contribution in [0.3, 0.4) is 0 Å². The van der Waals surface area contributed by atoms with Gasteiger partial charge < -0.3 is 5.73 Å². The third kappa shape index (κ3) is 2.37. The minimum atomic E-state index is -0.327. The van der Waals surface area contributed by atoms with E-state index in [1.807, 2.05) is 12.1 Å². The van der Waals surface area contributed by atoms with Gasteiger partial charge >= 0.3 is 0 Å². The summed E-state index contributed by atoms with van der Waals surface area (Å²) in [5.41, 5.74) is 7.48. The van der Waals surface area contributed by atoms with Gasteiger partial charge in [0.05, 0.1) is 23.6 Å². The van der Waals surface area contributed by atoms with Crippen molar-refractivity contribution in [2.24, 2.45) is 5.73 Å². The average molecular weight is 265 g/mol. The van der Waals surface area contributed by atoms with E-state index in [1.165, 1.54) is 0 Å². The van der Waals surface area contributed by atoms with E-state index in [2.05, 4.69) is 30.9 Å². The second kappa shape index (κ2) is 4.46. The number of nitrogens with two attached hydrogens (primary N) is 1. The fourth-order valence-corrected chi connectivity index (χ4v) is 1.43. The van der Waals surface area contributed by atoms with E-state index in [0.29, 0.717) is 5.69 Å². The molecule has 0 aliphatic carbocycles. The average Bonchev–Trinajstić information content (AvgIpc) is 2.30. The second-order valence-electron chi connectivity index (χ2n) is 3.01. The molecule has 2 rings (SSSR count). The summed E-state index contributed by atoms with van der Waals surface area (Å²) >= 11 is 3.32. The van der Waals surface area contributed by atoms with Crippen molar-refractivity contribution in [3.8, 4) is 0 Å². The summed E-state index contributed by atoms with van der Waals surface area (Å²) < 4.78 is 0.928. The molecule has 1 unspecified atom stereocenters. The van der Waals surface area contributed by atoms with E-state index in [-0.39, 0.29) is 6.04 Å². The molecule has 1 atom stereocenters.